The van der Waals surface area contributed by atoms with Crippen LogP contribution in [0.4, 0.5) is 5.69 Å². The predicted octanol–water partition coefficient (Wildman–Crippen LogP) is 2.85. The van der Waals surface area contributed by atoms with Crippen molar-refractivity contribution in [2.24, 2.45) is 0 Å². The van der Waals surface area contributed by atoms with Crippen LogP contribution in [0.2, 0.25) is 0 Å². The number of carbonyl (C=O) groups is 1. The molecule has 1 amide bonds. The van der Waals surface area contributed by atoms with Crippen LogP contribution in [-0.2, 0) is 9.53 Å². The van der Waals surface area contributed by atoms with E-state index < -0.39 is 5.91 Å². The zero-order valence-electron chi connectivity index (χ0n) is 15.6. The maximum Gasteiger partial charge on any atom is 0.263 e. The van der Waals surface area contributed by atoms with Gasteiger partial charge >= 0.3 is 0 Å². The number of hydrogen-bond acceptors (Lipinski definition) is 6. The van der Waals surface area contributed by atoms with Gasteiger partial charge in [0.05, 0.1) is 13.2 Å². The molecule has 0 saturated heterocycles. The molecule has 0 atom stereocenters. The van der Waals surface area contributed by atoms with Crippen molar-refractivity contribution in [1.82, 2.24) is 5.32 Å². The zero-order chi connectivity index (χ0) is 19.2. The molecular formula is C19H27N3O4. The lowest BCUT2D eigenvalue weighted by Crippen LogP contribution is -2.26. The molecule has 0 spiro atoms. The summed E-state index contributed by atoms with van der Waals surface area (Å²) in [5.41, 5.74) is 0.682. The van der Waals surface area contributed by atoms with Gasteiger partial charge in [-0.25, -0.2) is 0 Å². The van der Waals surface area contributed by atoms with Crippen molar-refractivity contribution in [3.8, 4) is 17.6 Å². The number of nitrogens with one attached hydrogen (secondary N) is 2. The number of carbonyl (C=O) groups excluding carboxylic acids is 1. The smallest absolute Gasteiger partial charge is 0.263 e. The van der Waals surface area contributed by atoms with E-state index in [1.165, 1.54) is 6.20 Å². The second-order valence-corrected chi connectivity index (χ2v) is 5.15. The molecule has 0 unspecified atom stereocenters. The Morgan fingerprint density at radius 3 is 2.54 bits per heavy atom. The normalized spacial score (nSPS) is 10.8. The molecule has 0 aliphatic rings. The number of ether oxygens (including phenoxy) is 3. The fraction of sp³-hybridized carbons (Fsp3) is 0.474. The van der Waals surface area contributed by atoms with E-state index in [-0.39, 0.29) is 5.57 Å². The molecule has 0 radical (unpaired) electrons. The Labute approximate surface area is 154 Å². The number of hydrogen-bond donors (Lipinski definition) is 2. The first kappa shape index (κ1) is 21.3. The second kappa shape index (κ2) is 12.6. The van der Waals surface area contributed by atoms with Gasteiger partial charge in [-0.2, -0.15) is 5.26 Å². The Hall–Kier alpha value is -2.72. The minimum Gasteiger partial charge on any atom is -0.490 e. The van der Waals surface area contributed by atoms with Gasteiger partial charge in [-0.05, 0) is 39.3 Å². The number of nitriles is 1. The Kier molecular flexibility index (Phi) is 10.3. The summed E-state index contributed by atoms with van der Waals surface area (Å²) < 4.78 is 16.3. The van der Waals surface area contributed by atoms with Crippen LogP contribution < -0.4 is 20.1 Å². The maximum atomic E-state index is 12.0. The molecule has 1 aromatic carbocycles. The first-order valence-corrected chi connectivity index (χ1v) is 8.78. The van der Waals surface area contributed by atoms with Gasteiger partial charge in [-0.15, -0.1) is 0 Å². The third-order valence-electron chi connectivity index (χ3n) is 3.25. The predicted molar refractivity (Wildman–Crippen MR) is 100 cm³/mol. The van der Waals surface area contributed by atoms with Gasteiger partial charge < -0.3 is 24.8 Å². The van der Waals surface area contributed by atoms with E-state index >= 15 is 0 Å². The average Bonchev–Trinajstić information content (AvgIpc) is 2.64. The highest BCUT2D eigenvalue weighted by Gasteiger charge is 2.09. The first-order chi connectivity index (χ1) is 12.7. The minimum atomic E-state index is -0.424. The maximum absolute atomic E-state index is 12.0. The summed E-state index contributed by atoms with van der Waals surface area (Å²) in [6, 6.07) is 7.23. The average molecular weight is 361 g/mol. The SMILES string of the molecule is CCOCCCNC(=O)/C(C#N)=C\Nc1ccc(OCC)c(OCC)c1. The molecule has 0 aliphatic carbocycles. The fourth-order valence-electron chi connectivity index (χ4n) is 2.06. The summed E-state index contributed by atoms with van der Waals surface area (Å²) in [6.45, 7) is 8.42. The lowest BCUT2D eigenvalue weighted by molar-refractivity contribution is -0.117. The van der Waals surface area contributed by atoms with Gasteiger partial charge in [-0.1, -0.05) is 0 Å². The van der Waals surface area contributed by atoms with E-state index in [4.69, 9.17) is 14.2 Å². The molecule has 142 valence electrons. The van der Waals surface area contributed by atoms with E-state index in [2.05, 4.69) is 10.6 Å². The molecule has 2 N–H and O–H groups in total. The monoisotopic (exact) mass is 361 g/mol. The van der Waals surface area contributed by atoms with Crippen LogP contribution in [0.3, 0.4) is 0 Å². The summed E-state index contributed by atoms with van der Waals surface area (Å²) in [7, 11) is 0. The molecule has 1 rings (SSSR count). The molecule has 7 heteroatoms. The van der Waals surface area contributed by atoms with Crippen molar-refractivity contribution < 1.29 is 19.0 Å². The lowest BCUT2D eigenvalue weighted by Gasteiger charge is -2.12. The van der Waals surface area contributed by atoms with Crippen molar-refractivity contribution >= 4 is 11.6 Å². The Bertz CT molecular complexity index is 638. The zero-order valence-corrected chi connectivity index (χ0v) is 15.6. The number of amides is 1. The van der Waals surface area contributed by atoms with Gasteiger partial charge in [0.25, 0.3) is 5.91 Å². The van der Waals surface area contributed by atoms with Gasteiger partial charge in [-0.3, -0.25) is 4.79 Å². The molecule has 0 saturated carbocycles. The molecular weight excluding hydrogens is 334 g/mol. The molecule has 0 fully saturated rings. The second-order valence-electron chi connectivity index (χ2n) is 5.15. The highest BCUT2D eigenvalue weighted by atomic mass is 16.5. The van der Waals surface area contributed by atoms with E-state index in [0.717, 1.165) is 0 Å². The summed E-state index contributed by atoms with van der Waals surface area (Å²) in [5.74, 6) is 0.829. The highest BCUT2D eigenvalue weighted by Crippen LogP contribution is 2.30. The molecule has 0 bridgehead atoms. The third-order valence-corrected chi connectivity index (χ3v) is 3.25. The van der Waals surface area contributed by atoms with Crippen LogP contribution >= 0.6 is 0 Å². The molecule has 0 heterocycles. The summed E-state index contributed by atoms with van der Waals surface area (Å²) in [6.07, 6.45) is 2.08. The number of nitrogens with zero attached hydrogens (tertiary/aromatic N) is 1. The van der Waals surface area contributed by atoms with E-state index in [1.807, 2.05) is 26.8 Å². The quantitative estimate of drug-likeness (QED) is 0.338. The highest BCUT2D eigenvalue weighted by molar-refractivity contribution is 5.97. The van der Waals surface area contributed by atoms with Crippen molar-refractivity contribution in [2.75, 3.05) is 38.3 Å². The third kappa shape index (κ3) is 7.45. The van der Waals surface area contributed by atoms with E-state index in [1.54, 1.807) is 18.2 Å². The van der Waals surface area contributed by atoms with Crippen molar-refractivity contribution in [1.29, 1.82) is 5.26 Å². The van der Waals surface area contributed by atoms with E-state index in [9.17, 15) is 10.1 Å². The molecule has 7 nitrogen and oxygen atoms in total. The molecule has 1 aromatic rings. The fourth-order valence-corrected chi connectivity index (χ4v) is 2.06. The molecule has 26 heavy (non-hydrogen) atoms. The van der Waals surface area contributed by atoms with Crippen LogP contribution in [0, 0.1) is 11.3 Å². The topological polar surface area (TPSA) is 92.6 Å². The Morgan fingerprint density at radius 1 is 1.15 bits per heavy atom. The van der Waals surface area contributed by atoms with Crippen LogP contribution in [0.5, 0.6) is 11.5 Å². The Morgan fingerprint density at radius 2 is 1.88 bits per heavy atom. The first-order valence-electron chi connectivity index (χ1n) is 8.78. The number of anilines is 1. The van der Waals surface area contributed by atoms with Crippen molar-refractivity contribution in [3.05, 3.63) is 30.0 Å². The van der Waals surface area contributed by atoms with Gasteiger partial charge in [0.2, 0.25) is 0 Å². The largest absolute Gasteiger partial charge is 0.490 e. The van der Waals surface area contributed by atoms with Crippen molar-refractivity contribution in [2.45, 2.75) is 27.2 Å². The van der Waals surface area contributed by atoms with Gasteiger partial charge in [0.15, 0.2) is 11.5 Å². The summed E-state index contributed by atoms with van der Waals surface area (Å²) in [5, 5.41) is 14.8. The summed E-state index contributed by atoms with van der Waals surface area (Å²) >= 11 is 0. The molecule has 0 aromatic heterocycles. The number of benzene rings is 1. The standard InChI is InChI=1S/C19H27N3O4/c1-4-24-11-7-10-21-19(23)15(13-20)14-22-16-8-9-17(25-5-2)18(12-16)26-6-3/h8-9,12,14,22H,4-7,10-11H2,1-3H3,(H,21,23)/b15-14-. The van der Waals surface area contributed by atoms with Crippen LogP contribution in [0.25, 0.3) is 0 Å². The van der Waals surface area contributed by atoms with Crippen LogP contribution in [0.15, 0.2) is 30.0 Å². The van der Waals surface area contributed by atoms with Gasteiger partial charge in [0, 0.05) is 37.7 Å². The lowest BCUT2D eigenvalue weighted by atomic mass is 10.2. The number of rotatable bonds is 12. The van der Waals surface area contributed by atoms with Crippen molar-refractivity contribution in [3.63, 3.8) is 0 Å². The minimum absolute atomic E-state index is 0.00625. The summed E-state index contributed by atoms with van der Waals surface area (Å²) in [4.78, 5) is 12.0. The van der Waals surface area contributed by atoms with Crippen LogP contribution in [-0.4, -0.2) is 38.9 Å². The van der Waals surface area contributed by atoms with Gasteiger partial charge in [0.1, 0.15) is 11.6 Å². The van der Waals surface area contributed by atoms with E-state index in [0.29, 0.717) is 56.6 Å². The Balaban J connectivity index is 2.69. The van der Waals surface area contributed by atoms with Crippen LogP contribution in [0.1, 0.15) is 27.2 Å². The molecule has 0 aliphatic heterocycles.